The van der Waals surface area contributed by atoms with Crippen LogP contribution < -0.4 is 9.47 Å². The molecule has 0 aliphatic heterocycles. The standard InChI is InChI=1S/C42H31N3O2/c1-46-41-39(32-22-18-28(19-23-32)35-16-6-10-30-12-8-26-43-37(30)35)45(34-14-4-3-5-15-34)40(42(41)47-2)33-24-20-29(21-25-33)36-17-7-11-31-13-9-27-44-38(31)36/h3-27H,1-2H3. The van der Waals surface area contributed by atoms with Crippen molar-refractivity contribution in [1.29, 1.82) is 0 Å². The van der Waals surface area contributed by atoms with Gasteiger partial charge >= 0.3 is 0 Å². The van der Waals surface area contributed by atoms with E-state index in [-0.39, 0.29) is 0 Å². The van der Waals surface area contributed by atoms with Crippen LogP contribution in [0.2, 0.25) is 0 Å². The highest BCUT2D eigenvalue weighted by atomic mass is 16.5. The first-order valence-electron chi connectivity index (χ1n) is 15.6. The Labute approximate surface area is 273 Å². The summed E-state index contributed by atoms with van der Waals surface area (Å²) in [5.41, 5.74) is 11.2. The van der Waals surface area contributed by atoms with Crippen LogP contribution in [0.5, 0.6) is 11.5 Å². The van der Waals surface area contributed by atoms with Gasteiger partial charge in [-0.1, -0.05) is 115 Å². The maximum atomic E-state index is 6.14. The predicted molar refractivity (Wildman–Crippen MR) is 191 cm³/mol. The molecule has 0 aliphatic rings. The van der Waals surface area contributed by atoms with E-state index in [1.54, 1.807) is 14.2 Å². The molecule has 0 N–H and O–H groups in total. The molecule has 0 amide bonds. The molecule has 0 aliphatic carbocycles. The van der Waals surface area contributed by atoms with Crippen LogP contribution in [0.1, 0.15) is 0 Å². The molecule has 0 saturated carbocycles. The first-order chi connectivity index (χ1) is 23.2. The molecule has 5 heteroatoms. The second-order valence-electron chi connectivity index (χ2n) is 11.4. The molecule has 0 radical (unpaired) electrons. The van der Waals surface area contributed by atoms with Crippen molar-refractivity contribution in [2.75, 3.05) is 14.2 Å². The molecule has 8 rings (SSSR count). The van der Waals surface area contributed by atoms with E-state index in [9.17, 15) is 0 Å². The van der Waals surface area contributed by atoms with Crippen LogP contribution in [0.4, 0.5) is 0 Å². The number of para-hydroxylation sites is 3. The van der Waals surface area contributed by atoms with Crippen molar-refractivity contribution in [3.63, 3.8) is 0 Å². The summed E-state index contributed by atoms with van der Waals surface area (Å²) in [7, 11) is 3.40. The van der Waals surface area contributed by atoms with Crippen LogP contribution in [0.15, 0.2) is 152 Å². The van der Waals surface area contributed by atoms with Gasteiger partial charge in [0.2, 0.25) is 0 Å². The molecule has 0 spiro atoms. The van der Waals surface area contributed by atoms with Crippen LogP contribution >= 0.6 is 0 Å². The zero-order valence-corrected chi connectivity index (χ0v) is 26.1. The molecule has 5 aromatic carbocycles. The van der Waals surface area contributed by atoms with Crippen LogP contribution in [0.25, 0.3) is 72.3 Å². The molecule has 3 aromatic heterocycles. The minimum atomic E-state index is 0.674. The van der Waals surface area contributed by atoms with Crippen LogP contribution in [-0.4, -0.2) is 28.8 Å². The maximum absolute atomic E-state index is 6.14. The summed E-state index contributed by atoms with van der Waals surface area (Å²) in [6, 6.07) is 48.3. The van der Waals surface area contributed by atoms with Crippen molar-refractivity contribution in [3.05, 3.63) is 152 Å². The van der Waals surface area contributed by atoms with Crippen LogP contribution in [-0.2, 0) is 0 Å². The summed E-state index contributed by atoms with van der Waals surface area (Å²) in [5, 5.41) is 2.23. The van der Waals surface area contributed by atoms with Crippen LogP contribution in [0, 0.1) is 0 Å². The first-order valence-corrected chi connectivity index (χ1v) is 15.6. The number of fused-ring (bicyclic) bond motifs is 2. The largest absolute Gasteiger partial charge is 0.491 e. The number of aromatic nitrogens is 3. The van der Waals surface area contributed by atoms with Gasteiger partial charge in [0.15, 0.2) is 11.5 Å². The van der Waals surface area contributed by atoms with E-state index in [2.05, 4.69) is 136 Å². The molecule has 0 bridgehead atoms. The molecule has 47 heavy (non-hydrogen) atoms. The molecule has 0 unspecified atom stereocenters. The van der Waals surface area contributed by atoms with E-state index in [0.717, 1.165) is 72.3 Å². The number of hydrogen-bond acceptors (Lipinski definition) is 4. The summed E-state index contributed by atoms with van der Waals surface area (Å²) in [4.78, 5) is 9.35. The zero-order chi connectivity index (χ0) is 31.7. The van der Waals surface area contributed by atoms with Crippen molar-refractivity contribution >= 4 is 21.8 Å². The topological polar surface area (TPSA) is 49.2 Å². The van der Waals surface area contributed by atoms with Crippen molar-refractivity contribution < 1.29 is 9.47 Å². The Balaban J connectivity index is 1.29. The zero-order valence-electron chi connectivity index (χ0n) is 26.1. The number of benzene rings is 5. The summed E-state index contributed by atoms with van der Waals surface area (Å²) < 4.78 is 14.5. The van der Waals surface area contributed by atoms with Gasteiger partial charge in [-0.05, 0) is 35.4 Å². The smallest absolute Gasteiger partial charge is 0.187 e. The number of pyridine rings is 2. The number of methoxy groups -OCH3 is 2. The van der Waals surface area contributed by atoms with Gasteiger partial charge in [0.1, 0.15) is 0 Å². The third kappa shape index (κ3) is 4.89. The Bertz CT molecular complexity index is 2200. The Morgan fingerprint density at radius 2 is 0.851 bits per heavy atom. The van der Waals surface area contributed by atoms with Gasteiger partial charge in [-0.15, -0.1) is 0 Å². The minimum absolute atomic E-state index is 0.674. The maximum Gasteiger partial charge on any atom is 0.187 e. The van der Waals surface area contributed by atoms with Crippen molar-refractivity contribution in [2.45, 2.75) is 0 Å². The highest BCUT2D eigenvalue weighted by Crippen LogP contribution is 2.50. The number of hydrogen-bond donors (Lipinski definition) is 0. The first kappa shape index (κ1) is 28.3. The summed E-state index contributed by atoms with van der Waals surface area (Å²) in [5.74, 6) is 1.35. The fourth-order valence-electron chi connectivity index (χ4n) is 6.55. The third-order valence-electron chi connectivity index (χ3n) is 8.71. The highest BCUT2D eigenvalue weighted by Gasteiger charge is 2.28. The average molecular weight is 610 g/mol. The molecule has 226 valence electrons. The molecule has 0 atom stereocenters. The fourth-order valence-corrected chi connectivity index (χ4v) is 6.55. The van der Waals surface area contributed by atoms with Crippen molar-refractivity contribution in [3.8, 4) is 62.0 Å². The summed E-state index contributed by atoms with van der Waals surface area (Å²) in [6.07, 6.45) is 3.69. The minimum Gasteiger partial charge on any atom is -0.491 e. The Hall–Kier alpha value is -6.20. The van der Waals surface area contributed by atoms with Gasteiger partial charge in [-0.3, -0.25) is 9.97 Å². The van der Waals surface area contributed by atoms with Crippen molar-refractivity contribution in [1.82, 2.24) is 14.5 Å². The number of ether oxygens (including phenoxy) is 2. The van der Waals surface area contributed by atoms with Gasteiger partial charge in [0, 0.05) is 51.1 Å². The predicted octanol–water partition coefficient (Wildman–Crippen LogP) is 10.3. The van der Waals surface area contributed by atoms with Crippen LogP contribution in [0.3, 0.4) is 0 Å². The second kappa shape index (κ2) is 12.0. The van der Waals surface area contributed by atoms with E-state index < -0.39 is 0 Å². The number of nitrogens with zero attached hydrogens (tertiary/aromatic N) is 3. The highest BCUT2D eigenvalue weighted by molar-refractivity contribution is 5.95. The molecular weight excluding hydrogens is 578 g/mol. The summed E-state index contributed by atoms with van der Waals surface area (Å²) >= 11 is 0. The van der Waals surface area contributed by atoms with Gasteiger partial charge in [0.05, 0.1) is 36.6 Å². The van der Waals surface area contributed by atoms with Gasteiger partial charge < -0.3 is 14.0 Å². The normalized spacial score (nSPS) is 11.2. The van der Waals surface area contributed by atoms with Crippen molar-refractivity contribution in [2.24, 2.45) is 0 Å². The Kier molecular flexibility index (Phi) is 7.19. The Morgan fingerprint density at radius 3 is 1.30 bits per heavy atom. The number of rotatable bonds is 7. The average Bonchev–Trinajstić information content (AvgIpc) is 3.49. The molecule has 0 fully saturated rings. The van der Waals surface area contributed by atoms with Gasteiger partial charge in [-0.2, -0.15) is 0 Å². The Morgan fingerprint density at radius 1 is 0.426 bits per heavy atom. The molecule has 8 aromatic rings. The lowest BCUT2D eigenvalue weighted by atomic mass is 10.00. The SMILES string of the molecule is COc1c(OC)c(-c2ccc(-c3cccc4cccnc34)cc2)n(-c2ccccc2)c1-c1ccc(-c2cccc3cccnc23)cc1. The quantitative estimate of drug-likeness (QED) is 0.180. The third-order valence-corrected chi connectivity index (χ3v) is 8.71. The van der Waals surface area contributed by atoms with Gasteiger partial charge in [0.25, 0.3) is 0 Å². The molecule has 0 saturated heterocycles. The molecule has 3 heterocycles. The van der Waals surface area contributed by atoms with E-state index in [1.807, 2.05) is 30.6 Å². The second-order valence-corrected chi connectivity index (χ2v) is 11.4. The van der Waals surface area contributed by atoms with Gasteiger partial charge in [-0.25, -0.2) is 0 Å². The van der Waals surface area contributed by atoms with E-state index in [0.29, 0.717) is 11.5 Å². The fraction of sp³-hybridized carbons (Fsp3) is 0.0476. The van der Waals surface area contributed by atoms with E-state index in [1.165, 1.54) is 0 Å². The molecular formula is C42H31N3O2. The van der Waals surface area contributed by atoms with E-state index in [4.69, 9.17) is 9.47 Å². The lowest BCUT2D eigenvalue weighted by Crippen LogP contribution is -2.00. The lowest BCUT2D eigenvalue weighted by Gasteiger charge is -2.15. The lowest BCUT2D eigenvalue weighted by molar-refractivity contribution is 0.360. The molecule has 5 nitrogen and oxygen atoms in total. The monoisotopic (exact) mass is 609 g/mol. The summed E-state index contributed by atoms with van der Waals surface area (Å²) in [6.45, 7) is 0. The van der Waals surface area contributed by atoms with E-state index >= 15 is 0 Å².